The Balaban J connectivity index is 1.86. The summed E-state index contributed by atoms with van der Waals surface area (Å²) in [5, 5.41) is 0.572. The smallest absolute Gasteiger partial charge is 0.325 e. The van der Waals surface area contributed by atoms with Gasteiger partial charge in [-0.2, -0.15) is 4.99 Å². The zero-order valence-electron chi connectivity index (χ0n) is 16.7. The average Bonchev–Trinajstić information content (AvgIpc) is 3.11. The summed E-state index contributed by atoms with van der Waals surface area (Å²) < 4.78 is 7.35. The van der Waals surface area contributed by atoms with Crippen molar-refractivity contribution in [3.8, 4) is 0 Å². The van der Waals surface area contributed by atoms with Gasteiger partial charge in [0.15, 0.2) is 4.80 Å². The van der Waals surface area contributed by atoms with E-state index >= 15 is 0 Å². The summed E-state index contributed by atoms with van der Waals surface area (Å²) in [7, 11) is 1.33. The van der Waals surface area contributed by atoms with Crippen molar-refractivity contribution < 1.29 is 14.3 Å². The molecule has 0 radical (unpaired) electrons. The van der Waals surface area contributed by atoms with Crippen LogP contribution in [0.1, 0.15) is 17.0 Å². The second kappa shape index (κ2) is 9.29. The Labute approximate surface area is 188 Å². The molecule has 1 heterocycles. The third-order valence-electron chi connectivity index (χ3n) is 4.88. The van der Waals surface area contributed by atoms with Crippen LogP contribution in [0.4, 0.5) is 0 Å². The number of thiazole rings is 1. The first kappa shape index (κ1) is 21.0. The minimum absolute atomic E-state index is 0.0500. The summed E-state index contributed by atoms with van der Waals surface area (Å²) in [6.45, 7) is -0.0500. The molecule has 0 aliphatic carbocycles. The molecule has 7 heteroatoms. The van der Waals surface area contributed by atoms with Gasteiger partial charge in [0.1, 0.15) is 6.54 Å². The average molecular weight is 451 g/mol. The van der Waals surface area contributed by atoms with E-state index in [9.17, 15) is 9.59 Å². The molecular formula is C24H19ClN2O3S. The summed E-state index contributed by atoms with van der Waals surface area (Å²) >= 11 is 7.45. The Morgan fingerprint density at radius 3 is 2.19 bits per heavy atom. The molecule has 31 heavy (non-hydrogen) atoms. The monoisotopic (exact) mass is 450 g/mol. The number of hydrogen-bond donors (Lipinski definition) is 0. The quantitative estimate of drug-likeness (QED) is 0.411. The first-order valence-corrected chi connectivity index (χ1v) is 10.8. The number of carbonyl (C=O) groups excluding carboxylic acids is 2. The zero-order valence-corrected chi connectivity index (χ0v) is 18.3. The Hall–Kier alpha value is -3.22. The molecule has 3 aromatic carbocycles. The molecule has 0 N–H and O–H groups in total. The summed E-state index contributed by atoms with van der Waals surface area (Å²) in [5.41, 5.74) is 2.47. The van der Waals surface area contributed by atoms with Crippen LogP contribution >= 0.6 is 22.9 Å². The van der Waals surface area contributed by atoms with Gasteiger partial charge in [-0.25, -0.2) is 0 Å². The van der Waals surface area contributed by atoms with Crippen molar-refractivity contribution >= 4 is 45.0 Å². The SMILES string of the molecule is COC(=O)Cn1c(=NC(=O)C(c2ccccc2)c2ccccc2)sc2cc(Cl)ccc21. The normalized spacial score (nSPS) is 11.8. The van der Waals surface area contributed by atoms with Crippen LogP contribution in [0.5, 0.6) is 0 Å². The van der Waals surface area contributed by atoms with Crippen LogP contribution in [-0.2, 0) is 20.9 Å². The number of aromatic nitrogens is 1. The lowest BCUT2D eigenvalue weighted by atomic mass is 9.91. The van der Waals surface area contributed by atoms with Crippen LogP contribution in [0.2, 0.25) is 5.02 Å². The van der Waals surface area contributed by atoms with E-state index in [4.69, 9.17) is 16.3 Å². The highest BCUT2D eigenvalue weighted by Crippen LogP contribution is 2.27. The molecule has 4 rings (SSSR count). The van der Waals surface area contributed by atoms with Crippen molar-refractivity contribution in [2.45, 2.75) is 12.5 Å². The van der Waals surface area contributed by atoms with Gasteiger partial charge in [0.2, 0.25) is 0 Å². The van der Waals surface area contributed by atoms with Gasteiger partial charge < -0.3 is 9.30 Å². The standard InChI is InChI=1S/C24H19ClN2O3S/c1-30-21(28)15-27-19-13-12-18(25)14-20(19)31-24(27)26-23(29)22(16-8-4-2-5-9-16)17-10-6-3-7-11-17/h2-14,22H,15H2,1H3. The van der Waals surface area contributed by atoms with Crippen molar-refractivity contribution in [1.82, 2.24) is 4.57 Å². The highest BCUT2D eigenvalue weighted by molar-refractivity contribution is 7.16. The lowest BCUT2D eigenvalue weighted by Gasteiger charge is -2.14. The highest BCUT2D eigenvalue weighted by Gasteiger charge is 2.23. The molecule has 0 unspecified atom stereocenters. The number of rotatable bonds is 5. The molecular weight excluding hydrogens is 432 g/mol. The molecule has 0 spiro atoms. The summed E-state index contributed by atoms with van der Waals surface area (Å²) in [5.74, 6) is -1.29. The van der Waals surface area contributed by atoms with Crippen LogP contribution in [0.25, 0.3) is 10.2 Å². The van der Waals surface area contributed by atoms with Gasteiger partial charge in [0.25, 0.3) is 5.91 Å². The maximum absolute atomic E-state index is 13.4. The molecule has 0 bridgehead atoms. The molecule has 0 aliphatic rings. The van der Waals surface area contributed by atoms with Crippen LogP contribution < -0.4 is 4.80 Å². The van der Waals surface area contributed by atoms with E-state index < -0.39 is 11.9 Å². The molecule has 0 fully saturated rings. The number of carbonyl (C=O) groups is 2. The Bertz CT molecular complexity index is 1260. The van der Waals surface area contributed by atoms with E-state index in [1.54, 1.807) is 16.7 Å². The van der Waals surface area contributed by atoms with E-state index in [0.717, 1.165) is 21.3 Å². The summed E-state index contributed by atoms with van der Waals surface area (Å²) in [6, 6.07) is 24.4. The third kappa shape index (κ3) is 4.60. The molecule has 0 atom stereocenters. The van der Waals surface area contributed by atoms with E-state index in [1.807, 2.05) is 66.7 Å². The van der Waals surface area contributed by atoms with Gasteiger partial charge in [-0.3, -0.25) is 9.59 Å². The van der Waals surface area contributed by atoms with Crippen molar-refractivity contribution in [3.63, 3.8) is 0 Å². The second-order valence-corrected chi connectivity index (χ2v) is 8.31. The fourth-order valence-corrected chi connectivity index (χ4v) is 4.72. The van der Waals surface area contributed by atoms with Gasteiger partial charge in [0.05, 0.1) is 23.2 Å². The molecule has 156 valence electrons. The Kier molecular flexibility index (Phi) is 6.30. The van der Waals surface area contributed by atoms with Crippen LogP contribution in [0.3, 0.4) is 0 Å². The summed E-state index contributed by atoms with van der Waals surface area (Å²) in [6.07, 6.45) is 0. The number of benzene rings is 3. The number of ether oxygens (including phenoxy) is 1. The molecule has 4 aromatic rings. The molecule has 0 aliphatic heterocycles. The Morgan fingerprint density at radius 1 is 1.00 bits per heavy atom. The summed E-state index contributed by atoms with van der Waals surface area (Å²) in [4.78, 5) is 30.3. The first-order valence-electron chi connectivity index (χ1n) is 9.61. The molecule has 5 nitrogen and oxygen atoms in total. The van der Waals surface area contributed by atoms with Crippen LogP contribution in [0, 0.1) is 0 Å². The molecule has 1 aromatic heterocycles. The Morgan fingerprint density at radius 2 is 1.61 bits per heavy atom. The number of methoxy groups -OCH3 is 1. The lowest BCUT2D eigenvalue weighted by Crippen LogP contribution is -2.24. The number of halogens is 1. The largest absolute Gasteiger partial charge is 0.468 e. The van der Waals surface area contributed by atoms with Crippen molar-refractivity contribution in [3.05, 3.63) is 99.8 Å². The lowest BCUT2D eigenvalue weighted by molar-refractivity contribution is -0.141. The number of nitrogens with zero attached hydrogens (tertiary/aromatic N) is 2. The number of fused-ring (bicyclic) bond motifs is 1. The second-order valence-electron chi connectivity index (χ2n) is 6.86. The first-order chi connectivity index (χ1) is 15.1. The predicted octanol–water partition coefficient (Wildman–Crippen LogP) is 4.79. The predicted molar refractivity (Wildman–Crippen MR) is 122 cm³/mol. The maximum Gasteiger partial charge on any atom is 0.325 e. The van der Waals surface area contributed by atoms with E-state index in [0.29, 0.717) is 9.82 Å². The number of esters is 1. The molecule has 1 amide bonds. The topological polar surface area (TPSA) is 60.7 Å². The molecule has 0 saturated heterocycles. The van der Waals surface area contributed by atoms with E-state index in [1.165, 1.54) is 18.4 Å². The molecule has 0 saturated carbocycles. The van der Waals surface area contributed by atoms with Gasteiger partial charge in [-0.1, -0.05) is 83.6 Å². The maximum atomic E-state index is 13.4. The number of amides is 1. The van der Waals surface area contributed by atoms with Crippen molar-refractivity contribution in [1.29, 1.82) is 0 Å². The van der Waals surface area contributed by atoms with Crippen molar-refractivity contribution in [2.75, 3.05) is 7.11 Å². The van der Waals surface area contributed by atoms with Crippen LogP contribution in [-0.4, -0.2) is 23.6 Å². The van der Waals surface area contributed by atoms with Crippen molar-refractivity contribution in [2.24, 2.45) is 4.99 Å². The zero-order chi connectivity index (χ0) is 21.8. The van der Waals surface area contributed by atoms with Gasteiger partial charge in [0, 0.05) is 5.02 Å². The van der Waals surface area contributed by atoms with Gasteiger partial charge in [-0.05, 0) is 29.3 Å². The van der Waals surface area contributed by atoms with Gasteiger partial charge >= 0.3 is 5.97 Å². The highest BCUT2D eigenvalue weighted by atomic mass is 35.5. The fourth-order valence-electron chi connectivity index (χ4n) is 3.41. The third-order valence-corrected chi connectivity index (χ3v) is 6.15. The fraction of sp³-hybridized carbons (Fsp3) is 0.125. The minimum Gasteiger partial charge on any atom is -0.468 e. The number of hydrogen-bond acceptors (Lipinski definition) is 4. The van der Waals surface area contributed by atoms with E-state index in [-0.39, 0.29) is 12.5 Å². The van der Waals surface area contributed by atoms with Gasteiger partial charge in [-0.15, -0.1) is 0 Å². The van der Waals surface area contributed by atoms with E-state index in [2.05, 4.69) is 4.99 Å². The van der Waals surface area contributed by atoms with Crippen LogP contribution in [0.15, 0.2) is 83.9 Å². The minimum atomic E-state index is -0.553.